The second kappa shape index (κ2) is 14.5. The largest absolute Gasteiger partial charge is 0.508 e. The van der Waals surface area contributed by atoms with Crippen LogP contribution in [-0.4, -0.2) is 85.5 Å². The third kappa shape index (κ3) is 9.89. The van der Waals surface area contributed by atoms with Gasteiger partial charge < -0.3 is 47.2 Å². The molecule has 14 heteroatoms. The van der Waals surface area contributed by atoms with E-state index in [1.165, 1.54) is 55.5 Å². The molecule has 0 aliphatic rings. The summed E-state index contributed by atoms with van der Waals surface area (Å²) in [7, 11) is 0. The predicted molar refractivity (Wildman–Crippen MR) is 139 cm³/mol. The molecule has 216 valence electrons. The molecule has 0 saturated heterocycles. The molecular weight excluding hydrogens is 528 g/mol. The fourth-order valence-corrected chi connectivity index (χ4v) is 3.62. The minimum Gasteiger partial charge on any atom is -0.508 e. The molecule has 0 radical (unpaired) electrons. The van der Waals surface area contributed by atoms with Crippen LogP contribution in [0.5, 0.6) is 11.5 Å². The molecule has 40 heavy (non-hydrogen) atoms. The number of nitrogens with one attached hydrogen (secondary N) is 3. The van der Waals surface area contributed by atoms with Crippen LogP contribution in [0.25, 0.3) is 0 Å². The van der Waals surface area contributed by atoms with Gasteiger partial charge in [-0.3, -0.25) is 19.2 Å². The number of carboxylic acid groups (broad SMARTS) is 2. The van der Waals surface area contributed by atoms with Gasteiger partial charge in [0.1, 0.15) is 29.6 Å². The van der Waals surface area contributed by atoms with Crippen molar-refractivity contribution in [1.29, 1.82) is 0 Å². The van der Waals surface area contributed by atoms with Crippen LogP contribution >= 0.6 is 0 Å². The number of nitrogens with two attached hydrogens (primary N) is 1. The Hall–Kier alpha value is -4.69. The average molecular weight is 561 g/mol. The Labute approximate surface area is 228 Å². The highest BCUT2D eigenvalue weighted by molar-refractivity contribution is 5.95. The Morgan fingerprint density at radius 1 is 0.725 bits per heavy atom. The van der Waals surface area contributed by atoms with Gasteiger partial charge in [-0.1, -0.05) is 24.3 Å². The van der Waals surface area contributed by atoms with E-state index in [2.05, 4.69) is 16.0 Å². The molecule has 5 unspecified atom stereocenters. The average Bonchev–Trinajstić information content (AvgIpc) is 2.87. The summed E-state index contributed by atoms with van der Waals surface area (Å²) in [5.74, 6) is -5.74. The number of hydrogen-bond donors (Lipinski definition) is 9. The Balaban J connectivity index is 2.26. The minimum atomic E-state index is -1.63. The molecule has 0 heterocycles. The number of hydrogen-bond acceptors (Lipinski definition) is 9. The van der Waals surface area contributed by atoms with Crippen molar-refractivity contribution in [1.82, 2.24) is 16.0 Å². The molecule has 2 rings (SSSR count). The van der Waals surface area contributed by atoms with Crippen molar-refractivity contribution in [2.24, 2.45) is 5.73 Å². The van der Waals surface area contributed by atoms with Gasteiger partial charge in [-0.25, -0.2) is 4.79 Å². The Kier molecular flexibility index (Phi) is 11.4. The first-order valence-electron chi connectivity index (χ1n) is 12.1. The number of carboxylic acids is 2. The number of carbonyl (C=O) groups is 5. The smallest absolute Gasteiger partial charge is 0.326 e. The van der Waals surface area contributed by atoms with Crippen molar-refractivity contribution in [3.05, 3.63) is 59.7 Å². The van der Waals surface area contributed by atoms with Gasteiger partial charge in [0.05, 0.1) is 18.6 Å². The van der Waals surface area contributed by atoms with E-state index in [-0.39, 0.29) is 24.3 Å². The van der Waals surface area contributed by atoms with Crippen LogP contribution in [0, 0.1) is 0 Å². The summed E-state index contributed by atoms with van der Waals surface area (Å²) < 4.78 is 0. The van der Waals surface area contributed by atoms with E-state index in [4.69, 9.17) is 10.8 Å². The van der Waals surface area contributed by atoms with Gasteiger partial charge in [-0.15, -0.1) is 0 Å². The number of phenols is 2. The second-order valence-corrected chi connectivity index (χ2v) is 9.13. The highest BCUT2D eigenvalue weighted by Crippen LogP contribution is 2.14. The number of amides is 3. The Morgan fingerprint density at radius 2 is 1.18 bits per heavy atom. The lowest BCUT2D eigenvalue weighted by Crippen LogP contribution is -2.60. The van der Waals surface area contributed by atoms with Crippen molar-refractivity contribution in [3.8, 4) is 11.5 Å². The van der Waals surface area contributed by atoms with Crippen LogP contribution < -0.4 is 21.7 Å². The van der Waals surface area contributed by atoms with E-state index >= 15 is 0 Å². The summed E-state index contributed by atoms with van der Waals surface area (Å²) >= 11 is 0. The van der Waals surface area contributed by atoms with Crippen molar-refractivity contribution in [3.63, 3.8) is 0 Å². The van der Waals surface area contributed by atoms with Gasteiger partial charge >= 0.3 is 11.9 Å². The fourth-order valence-electron chi connectivity index (χ4n) is 3.62. The maximum Gasteiger partial charge on any atom is 0.326 e. The summed E-state index contributed by atoms with van der Waals surface area (Å²) in [5.41, 5.74) is 6.50. The molecule has 0 fully saturated rings. The van der Waals surface area contributed by atoms with E-state index in [1.54, 1.807) is 0 Å². The maximum atomic E-state index is 13.2. The van der Waals surface area contributed by atoms with Crippen LogP contribution in [0.15, 0.2) is 48.5 Å². The predicted octanol–water partition coefficient (Wildman–Crippen LogP) is -1.40. The number of rotatable bonds is 14. The number of phenolic OH excluding ortho intramolecular Hbond substituents is 2. The number of benzene rings is 2. The summed E-state index contributed by atoms with van der Waals surface area (Å²) in [6, 6.07) is 5.37. The number of aliphatic hydroxyl groups excluding tert-OH is 1. The first-order valence-corrected chi connectivity index (χ1v) is 12.1. The van der Waals surface area contributed by atoms with E-state index in [0.29, 0.717) is 11.1 Å². The number of aliphatic carboxylic acids is 2. The first kappa shape index (κ1) is 31.5. The quantitative estimate of drug-likeness (QED) is 0.130. The molecular formula is C26H32N4O10. The van der Waals surface area contributed by atoms with Crippen molar-refractivity contribution in [2.45, 2.75) is 56.5 Å². The van der Waals surface area contributed by atoms with Crippen LogP contribution in [0.2, 0.25) is 0 Å². The van der Waals surface area contributed by atoms with Crippen LogP contribution in [0.3, 0.4) is 0 Å². The van der Waals surface area contributed by atoms with Gasteiger partial charge in [-0.2, -0.15) is 0 Å². The lowest BCUT2D eigenvalue weighted by atomic mass is 10.0. The van der Waals surface area contributed by atoms with Crippen molar-refractivity contribution < 1.29 is 49.5 Å². The molecule has 0 spiro atoms. The molecule has 3 amide bonds. The van der Waals surface area contributed by atoms with E-state index in [1.807, 2.05) is 0 Å². The molecule has 14 nitrogen and oxygen atoms in total. The lowest BCUT2D eigenvalue weighted by Gasteiger charge is -2.26. The van der Waals surface area contributed by atoms with Crippen LogP contribution in [0.4, 0.5) is 0 Å². The number of carbonyl (C=O) groups excluding carboxylic acids is 3. The third-order valence-electron chi connectivity index (χ3n) is 5.79. The zero-order valence-corrected chi connectivity index (χ0v) is 21.5. The van der Waals surface area contributed by atoms with Gasteiger partial charge in [0.25, 0.3) is 0 Å². The molecule has 2 aromatic rings. The van der Waals surface area contributed by atoms with Crippen LogP contribution in [-0.2, 0) is 36.8 Å². The maximum absolute atomic E-state index is 13.2. The molecule has 5 atom stereocenters. The van der Waals surface area contributed by atoms with E-state index in [9.17, 15) is 44.4 Å². The standard InChI is InChI=1S/C26H32N4O10/c1-13(31)22(30-23(36)18(27)12-21(34)35)25(38)28-19(10-14-2-6-16(32)7-3-14)24(37)29-20(26(39)40)11-15-4-8-17(33)9-5-15/h2-9,13,18-20,22,31-33H,10-12,27H2,1H3,(H,28,38)(H,29,37)(H,30,36)(H,34,35)(H,39,40). The van der Waals surface area contributed by atoms with Crippen molar-refractivity contribution in [2.75, 3.05) is 0 Å². The topological polar surface area (TPSA) is 249 Å². The highest BCUT2D eigenvalue weighted by atomic mass is 16.4. The number of aromatic hydroxyl groups is 2. The SMILES string of the molecule is CC(O)C(NC(=O)C(N)CC(=O)O)C(=O)NC(Cc1ccc(O)cc1)C(=O)NC(Cc1ccc(O)cc1)C(=O)O. The normalized spacial score (nSPS) is 14.6. The third-order valence-corrected chi connectivity index (χ3v) is 5.79. The van der Waals surface area contributed by atoms with Gasteiger partial charge in [0.15, 0.2) is 0 Å². The molecule has 10 N–H and O–H groups in total. The molecule has 2 aromatic carbocycles. The summed E-state index contributed by atoms with van der Waals surface area (Å²) in [6.07, 6.45) is -2.53. The van der Waals surface area contributed by atoms with Gasteiger partial charge in [0, 0.05) is 12.8 Å². The lowest BCUT2D eigenvalue weighted by molar-refractivity contribution is -0.142. The van der Waals surface area contributed by atoms with E-state index < -0.39 is 66.4 Å². The second-order valence-electron chi connectivity index (χ2n) is 9.13. The number of aliphatic hydroxyl groups is 1. The summed E-state index contributed by atoms with van der Waals surface area (Å²) in [4.78, 5) is 61.3. The fraction of sp³-hybridized carbons (Fsp3) is 0.346. The molecule has 0 aliphatic heterocycles. The summed E-state index contributed by atoms with van der Waals surface area (Å²) in [5, 5.41) is 54.6. The molecule has 0 aromatic heterocycles. The monoisotopic (exact) mass is 560 g/mol. The minimum absolute atomic E-state index is 0.0278. The highest BCUT2D eigenvalue weighted by Gasteiger charge is 2.33. The Bertz CT molecular complexity index is 1200. The first-order chi connectivity index (χ1) is 18.8. The molecule has 0 saturated carbocycles. The van der Waals surface area contributed by atoms with Crippen LogP contribution in [0.1, 0.15) is 24.5 Å². The summed E-state index contributed by atoms with van der Waals surface area (Å²) in [6.45, 7) is 1.18. The zero-order chi connectivity index (χ0) is 30.0. The molecule has 0 bridgehead atoms. The van der Waals surface area contributed by atoms with E-state index in [0.717, 1.165) is 0 Å². The zero-order valence-electron chi connectivity index (χ0n) is 21.5. The molecule has 0 aliphatic carbocycles. The van der Waals surface area contributed by atoms with Gasteiger partial charge in [-0.05, 0) is 42.3 Å². The Morgan fingerprint density at radius 3 is 1.60 bits per heavy atom. The van der Waals surface area contributed by atoms with Gasteiger partial charge in [0.2, 0.25) is 17.7 Å². The van der Waals surface area contributed by atoms with Crippen molar-refractivity contribution >= 4 is 29.7 Å².